The summed E-state index contributed by atoms with van der Waals surface area (Å²) in [4.78, 5) is 16.5. The predicted octanol–water partition coefficient (Wildman–Crippen LogP) is 3.82. The van der Waals surface area contributed by atoms with Gasteiger partial charge in [-0.3, -0.25) is 0 Å². The molecule has 6 nitrogen and oxygen atoms in total. The van der Waals surface area contributed by atoms with Crippen LogP contribution >= 0.6 is 15.9 Å². The molecule has 2 aromatic carbocycles. The van der Waals surface area contributed by atoms with E-state index in [2.05, 4.69) is 20.9 Å². The maximum Gasteiger partial charge on any atom is 0.363 e. The van der Waals surface area contributed by atoms with Crippen LogP contribution in [0.15, 0.2) is 51.6 Å². The van der Waals surface area contributed by atoms with E-state index in [4.69, 9.17) is 18.9 Å². The highest BCUT2D eigenvalue weighted by Gasteiger charge is 2.24. The number of aliphatic imine (C=N–C) groups is 1. The molecule has 7 heteroatoms. The normalized spacial score (nSPS) is 14.8. The Morgan fingerprint density at radius 2 is 1.73 bits per heavy atom. The van der Waals surface area contributed by atoms with Gasteiger partial charge in [-0.1, -0.05) is 22.0 Å². The molecule has 0 aromatic heterocycles. The molecule has 2 aromatic rings. The molecule has 1 aliphatic rings. The molecule has 0 unspecified atom stereocenters. The number of halogens is 1. The number of cyclic esters (lactones) is 1. The van der Waals surface area contributed by atoms with Crippen LogP contribution in [-0.4, -0.2) is 33.2 Å². The fourth-order valence-corrected chi connectivity index (χ4v) is 2.90. The summed E-state index contributed by atoms with van der Waals surface area (Å²) in [6.45, 7) is 0. The molecule has 0 spiro atoms. The van der Waals surface area contributed by atoms with E-state index in [1.807, 2.05) is 24.3 Å². The molecule has 0 amide bonds. The van der Waals surface area contributed by atoms with E-state index in [1.54, 1.807) is 18.2 Å². The van der Waals surface area contributed by atoms with E-state index in [0.29, 0.717) is 28.4 Å². The van der Waals surface area contributed by atoms with Crippen LogP contribution in [0.1, 0.15) is 11.1 Å². The summed E-state index contributed by atoms with van der Waals surface area (Å²) in [5.74, 6) is 1.19. The zero-order chi connectivity index (χ0) is 18.7. The van der Waals surface area contributed by atoms with Crippen molar-refractivity contribution >= 4 is 33.9 Å². The lowest BCUT2D eigenvalue weighted by molar-refractivity contribution is -0.129. The lowest BCUT2D eigenvalue weighted by Gasteiger charge is -2.12. The van der Waals surface area contributed by atoms with E-state index < -0.39 is 5.97 Å². The molecule has 0 saturated heterocycles. The summed E-state index contributed by atoms with van der Waals surface area (Å²) >= 11 is 3.39. The molecule has 0 radical (unpaired) electrons. The molecule has 1 aliphatic heterocycles. The van der Waals surface area contributed by atoms with Gasteiger partial charge >= 0.3 is 5.97 Å². The quantitative estimate of drug-likeness (QED) is 0.546. The zero-order valence-electron chi connectivity index (χ0n) is 14.4. The van der Waals surface area contributed by atoms with Crippen molar-refractivity contribution in [2.24, 2.45) is 4.99 Å². The average molecular weight is 418 g/mol. The minimum atomic E-state index is -0.520. The number of carbonyl (C=O) groups excluding carboxylic acids is 1. The second kappa shape index (κ2) is 7.61. The lowest BCUT2D eigenvalue weighted by atomic mass is 10.1. The minimum Gasteiger partial charge on any atom is -0.493 e. The summed E-state index contributed by atoms with van der Waals surface area (Å²) in [5, 5.41) is 0. The van der Waals surface area contributed by atoms with Crippen LogP contribution < -0.4 is 14.2 Å². The number of methoxy groups -OCH3 is 3. The predicted molar refractivity (Wildman–Crippen MR) is 101 cm³/mol. The van der Waals surface area contributed by atoms with Gasteiger partial charge in [0.1, 0.15) is 0 Å². The van der Waals surface area contributed by atoms with Gasteiger partial charge in [-0.15, -0.1) is 0 Å². The Labute approximate surface area is 159 Å². The fraction of sp³-hybridized carbons (Fsp3) is 0.158. The van der Waals surface area contributed by atoms with E-state index in [9.17, 15) is 4.79 Å². The Hall–Kier alpha value is -2.80. The Morgan fingerprint density at radius 3 is 2.31 bits per heavy atom. The molecule has 0 fully saturated rings. The number of nitrogens with zero attached hydrogens (tertiary/aromatic N) is 1. The monoisotopic (exact) mass is 417 g/mol. The van der Waals surface area contributed by atoms with Crippen molar-refractivity contribution in [3.63, 3.8) is 0 Å². The third-order valence-electron chi connectivity index (χ3n) is 3.68. The highest BCUT2D eigenvalue weighted by molar-refractivity contribution is 9.10. The Balaban J connectivity index is 2.00. The third-order valence-corrected chi connectivity index (χ3v) is 4.18. The van der Waals surface area contributed by atoms with E-state index in [0.717, 1.165) is 4.47 Å². The SMILES string of the molecule is COc1cc(/C=C2/N=C(c3cccc(Br)c3)OC2=O)cc(OC)c1OC. The molecule has 0 aliphatic carbocycles. The Kier molecular flexibility index (Phi) is 5.27. The van der Waals surface area contributed by atoms with E-state index in [-0.39, 0.29) is 11.6 Å². The number of benzene rings is 2. The van der Waals surface area contributed by atoms with Crippen LogP contribution in [0.4, 0.5) is 0 Å². The maximum absolute atomic E-state index is 12.2. The number of esters is 1. The van der Waals surface area contributed by atoms with Gasteiger partial charge in [-0.2, -0.15) is 0 Å². The molecule has 3 rings (SSSR count). The Bertz CT molecular complexity index is 895. The number of ether oxygens (including phenoxy) is 4. The number of hydrogen-bond acceptors (Lipinski definition) is 6. The molecule has 1 heterocycles. The van der Waals surface area contributed by atoms with Gasteiger partial charge in [0.2, 0.25) is 11.6 Å². The number of hydrogen-bond donors (Lipinski definition) is 0. The summed E-state index contributed by atoms with van der Waals surface area (Å²) < 4.78 is 22.1. The van der Waals surface area contributed by atoms with Crippen LogP contribution in [0.3, 0.4) is 0 Å². The van der Waals surface area contributed by atoms with Crippen molar-refractivity contribution in [1.82, 2.24) is 0 Å². The second-order valence-electron chi connectivity index (χ2n) is 5.31. The maximum atomic E-state index is 12.2. The van der Waals surface area contributed by atoms with Crippen LogP contribution in [0.25, 0.3) is 6.08 Å². The van der Waals surface area contributed by atoms with Crippen molar-refractivity contribution < 1.29 is 23.7 Å². The summed E-state index contributed by atoms with van der Waals surface area (Å²) in [5.41, 5.74) is 1.57. The van der Waals surface area contributed by atoms with Crippen molar-refractivity contribution in [3.8, 4) is 17.2 Å². The van der Waals surface area contributed by atoms with Crippen LogP contribution in [0, 0.1) is 0 Å². The molecule has 0 atom stereocenters. The van der Waals surface area contributed by atoms with Crippen LogP contribution in [0.2, 0.25) is 0 Å². The van der Waals surface area contributed by atoms with Crippen molar-refractivity contribution in [2.45, 2.75) is 0 Å². The van der Waals surface area contributed by atoms with Gasteiger partial charge in [-0.25, -0.2) is 9.79 Å². The summed E-state index contributed by atoms with van der Waals surface area (Å²) in [6, 6.07) is 10.8. The van der Waals surface area contributed by atoms with Gasteiger partial charge in [0.25, 0.3) is 0 Å². The molecule has 26 heavy (non-hydrogen) atoms. The topological polar surface area (TPSA) is 66.4 Å². The molecular formula is C19H16BrNO5. The van der Waals surface area contributed by atoms with Gasteiger partial charge in [0.15, 0.2) is 17.2 Å². The minimum absolute atomic E-state index is 0.189. The fourth-order valence-electron chi connectivity index (χ4n) is 2.50. The third kappa shape index (κ3) is 3.57. The van der Waals surface area contributed by atoms with Crippen molar-refractivity contribution in [3.05, 3.63) is 57.7 Å². The highest BCUT2D eigenvalue weighted by atomic mass is 79.9. The smallest absolute Gasteiger partial charge is 0.363 e. The van der Waals surface area contributed by atoms with Crippen molar-refractivity contribution in [1.29, 1.82) is 0 Å². The molecule has 0 saturated carbocycles. The van der Waals surface area contributed by atoms with Gasteiger partial charge in [0, 0.05) is 10.0 Å². The average Bonchev–Trinajstić information content (AvgIpc) is 3.01. The first-order valence-corrected chi connectivity index (χ1v) is 8.43. The van der Waals surface area contributed by atoms with Gasteiger partial charge < -0.3 is 18.9 Å². The van der Waals surface area contributed by atoms with E-state index in [1.165, 1.54) is 21.3 Å². The zero-order valence-corrected chi connectivity index (χ0v) is 16.0. The highest BCUT2D eigenvalue weighted by Crippen LogP contribution is 2.39. The first-order chi connectivity index (χ1) is 12.5. The summed E-state index contributed by atoms with van der Waals surface area (Å²) in [6.07, 6.45) is 1.61. The number of rotatable bonds is 5. The van der Waals surface area contributed by atoms with E-state index >= 15 is 0 Å². The van der Waals surface area contributed by atoms with Gasteiger partial charge in [0.05, 0.1) is 21.3 Å². The largest absolute Gasteiger partial charge is 0.493 e. The lowest BCUT2D eigenvalue weighted by Crippen LogP contribution is -2.05. The molecular weight excluding hydrogens is 402 g/mol. The van der Waals surface area contributed by atoms with Crippen LogP contribution in [-0.2, 0) is 9.53 Å². The standard InChI is InChI=1S/C19H16BrNO5/c1-23-15-8-11(9-16(24-2)17(15)25-3)7-14-19(22)26-18(21-14)12-5-4-6-13(20)10-12/h4-10H,1-3H3/b14-7+. The first-order valence-electron chi connectivity index (χ1n) is 7.64. The molecule has 134 valence electrons. The second-order valence-corrected chi connectivity index (χ2v) is 6.22. The van der Waals surface area contributed by atoms with Crippen molar-refractivity contribution in [2.75, 3.05) is 21.3 Å². The summed E-state index contributed by atoms with van der Waals surface area (Å²) in [7, 11) is 4.59. The molecule has 0 bridgehead atoms. The Morgan fingerprint density at radius 1 is 1.04 bits per heavy atom. The van der Waals surface area contributed by atoms with Crippen LogP contribution in [0.5, 0.6) is 17.2 Å². The number of carbonyl (C=O) groups is 1. The molecule has 0 N–H and O–H groups in total. The van der Waals surface area contributed by atoms with Gasteiger partial charge in [-0.05, 0) is 42.0 Å². The first kappa shape index (κ1) is 18.0.